The Hall–Kier alpha value is -1.66. The van der Waals surface area contributed by atoms with E-state index in [4.69, 9.17) is 4.84 Å². The molecular formula is C14H20ClN3O3. The molecule has 0 bridgehead atoms. The van der Waals surface area contributed by atoms with E-state index in [1.54, 1.807) is 18.2 Å². The number of rotatable bonds is 3. The van der Waals surface area contributed by atoms with Gasteiger partial charge in [-0.15, -0.1) is 0 Å². The Kier molecular flexibility index (Phi) is 6.11. The van der Waals surface area contributed by atoms with Crippen molar-refractivity contribution in [1.82, 2.24) is 0 Å². The SMILES string of the molecule is CC1C[NH+](C)C(C)C/C1=N/Oc1ccccc1[N+](=O)[O-].[Cl-]. The van der Waals surface area contributed by atoms with E-state index >= 15 is 0 Å². The first kappa shape index (κ1) is 17.4. The topological polar surface area (TPSA) is 69.2 Å². The number of hydrogen-bond acceptors (Lipinski definition) is 4. The molecule has 0 radical (unpaired) electrons. The van der Waals surface area contributed by atoms with Crippen molar-refractivity contribution in [2.75, 3.05) is 13.6 Å². The summed E-state index contributed by atoms with van der Waals surface area (Å²) in [4.78, 5) is 17.3. The van der Waals surface area contributed by atoms with Gasteiger partial charge in [0, 0.05) is 18.4 Å². The summed E-state index contributed by atoms with van der Waals surface area (Å²) in [6.45, 7) is 5.28. The fraction of sp³-hybridized carbons (Fsp3) is 0.500. The zero-order valence-corrected chi connectivity index (χ0v) is 13.1. The van der Waals surface area contributed by atoms with Gasteiger partial charge in [-0.2, -0.15) is 0 Å². The maximum Gasteiger partial charge on any atom is 0.314 e. The molecule has 1 aromatic carbocycles. The molecule has 1 N–H and O–H groups in total. The van der Waals surface area contributed by atoms with Crippen LogP contribution in [-0.2, 0) is 0 Å². The number of para-hydroxylation sites is 2. The van der Waals surface area contributed by atoms with Crippen molar-refractivity contribution >= 4 is 11.4 Å². The highest BCUT2D eigenvalue weighted by Gasteiger charge is 2.29. The van der Waals surface area contributed by atoms with E-state index in [0.29, 0.717) is 12.0 Å². The summed E-state index contributed by atoms with van der Waals surface area (Å²) >= 11 is 0. The minimum Gasteiger partial charge on any atom is -1.00 e. The summed E-state index contributed by atoms with van der Waals surface area (Å²) in [7, 11) is 2.17. The lowest BCUT2D eigenvalue weighted by Crippen LogP contribution is -3.14. The van der Waals surface area contributed by atoms with Crippen LogP contribution in [0, 0.1) is 16.0 Å². The average Bonchev–Trinajstić information content (AvgIpc) is 2.41. The van der Waals surface area contributed by atoms with E-state index in [-0.39, 0.29) is 23.8 Å². The summed E-state index contributed by atoms with van der Waals surface area (Å²) in [6, 6.07) is 6.78. The first-order valence-corrected chi connectivity index (χ1v) is 6.78. The van der Waals surface area contributed by atoms with Gasteiger partial charge >= 0.3 is 5.69 Å². The van der Waals surface area contributed by atoms with E-state index in [1.807, 2.05) is 0 Å². The van der Waals surface area contributed by atoms with Crippen LogP contribution in [0.3, 0.4) is 0 Å². The van der Waals surface area contributed by atoms with Gasteiger partial charge in [-0.25, -0.2) is 0 Å². The molecule has 21 heavy (non-hydrogen) atoms. The molecule has 1 aliphatic rings. The van der Waals surface area contributed by atoms with Gasteiger partial charge in [-0.05, 0) is 13.0 Å². The number of nitro benzene ring substituents is 1. The first-order valence-electron chi connectivity index (χ1n) is 6.78. The van der Waals surface area contributed by atoms with Gasteiger partial charge in [0.15, 0.2) is 0 Å². The number of nitro groups is 1. The smallest absolute Gasteiger partial charge is 0.314 e. The summed E-state index contributed by atoms with van der Waals surface area (Å²) in [6.07, 6.45) is 0.855. The number of benzene rings is 1. The van der Waals surface area contributed by atoms with Gasteiger partial charge in [0.1, 0.15) is 0 Å². The Balaban J connectivity index is 0.00000220. The fourth-order valence-corrected chi connectivity index (χ4v) is 2.41. The molecule has 6 nitrogen and oxygen atoms in total. The molecule has 1 fully saturated rings. The predicted molar refractivity (Wildman–Crippen MR) is 76.2 cm³/mol. The lowest BCUT2D eigenvalue weighted by atomic mass is 9.93. The normalized spacial score (nSPS) is 27.0. The van der Waals surface area contributed by atoms with Gasteiger partial charge < -0.3 is 22.1 Å². The number of piperidine rings is 1. The van der Waals surface area contributed by atoms with Crippen LogP contribution in [0.2, 0.25) is 0 Å². The van der Waals surface area contributed by atoms with Crippen LogP contribution in [0.5, 0.6) is 5.75 Å². The molecular weight excluding hydrogens is 294 g/mol. The predicted octanol–water partition coefficient (Wildman–Crippen LogP) is -1.72. The van der Waals surface area contributed by atoms with E-state index in [1.165, 1.54) is 11.0 Å². The molecule has 2 rings (SSSR count). The van der Waals surface area contributed by atoms with Gasteiger partial charge in [-0.3, -0.25) is 10.1 Å². The van der Waals surface area contributed by atoms with Crippen LogP contribution in [0.15, 0.2) is 29.4 Å². The van der Waals surface area contributed by atoms with E-state index in [0.717, 1.165) is 18.7 Å². The third-order valence-corrected chi connectivity index (χ3v) is 3.88. The number of nitrogens with zero attached hydrogens (tertiary/aromatic N) is 2. The van der Waals surface area contributed by atoms with Crippen molar-refractivity contribution < 1.29 is 27.1 Å². The number of nitrogens with one attached hydrogen (secondary N) is 1. The number of halogens is 1. The van der Waals surface area contributed by atoms with E-state index in [2.05, 4.69) is 26.1 Å². The first-order chi connectivity index (χ1) is 9.49. The van der Waals surface area contributed by atoms with Crippen molar-refractivity contribution in [3.05, 3.63) is 34.4 Å². The molecule has 1 aromatic rings. The molecule has 1 saturated heterocycles. The van der Waals surface area contributed by atoms with E-state index in [9.17, 15) is 10.1 Å². The Labute approximate surface area is 130 Å². The molecule has 116 valence electrons. The molecule has 0 aliphatic carbocycles. The minimum atomic E-state index is -0.458. The van der Waals surface area contributed by atoms with Crippen molar-refractivity contribution in [2.24, 2.45) is 11.1 Å². The van der Waals surface area contributed by atoms with Crippen LogP contribution in [0.25, 0.3) is 0 Å². The average molecular weight is 314 g/mol. The molecule has 0 amide bonds. The maximum absolute atomic E-state index is 10.9. The highest BCUT2D eigenvalue weighted by Crippen LogP contribution is 2.26. The standard InChI is InChI=1S/C14H19N3O3.ClH/c1-10-9-16(3)11(2)8-12(10)15-20-14-7-5-4-6-13(14)17(18)19;/h4-7,10-11H,8-9H2,1-3H3;1H/b15-12-;. The molecule has 1 heterocycles. The Morgan fingerprint density at radius 3 is 2.71 bits per heavy atom. The Bertz CT molecular complexity index is 536. The third kappa shape index (κ3) is 4.15. The molecule has 0 aromatic heterocycles. The van der Waals surface area contributed by atoms with Gasteiger partial charge in [-0.1, -0.05) is 24.2 Å². The molecule has 0 spiro atoms. The molecule has 3 atom stereocenters. The maximum atomic E-state index is 10.9. The summed E-state index contributed by atoms with van der Waals surface area (Å²) in [5.74, 6) is 0.519. The van der Waals surface area contributed by atoms with Crippen LogP contribution in [0.1, 0.15) is 20.3 Å². The Morgan fingerprint density at radius 2 is 2.05 bits per heavy atom. The van der Waals surface area contributed by atoms with Crippen molar-refractivity contribution in [3.63, 3.8) is 0 Å². The van der Waals surface area contributed by atoms with Crippen molar-refractivity contribution in [3.8, 4) is 5.75 Å². The highest BCUT2D eigenvalue weighted by atomic mass is 35.5. The number of hydrogen-bond donors (Lipinski definition) is 1. The second kappa shape index (κ2) is 7.38. The van der Waals surface area contributed by atoms with Crippen LogP contribution in [0.4, 0.5) is 5.69 Å². The fourth-order valence-electron chi connectivity index (χ4n) is 2.41. The van der Waals surface area contributed by atoms with Crippen molar-refractivity contribution in [1.29, 1.82) is 0 Å². The van der Waals surface area contributed by atoms with Crippen LogP contribution in [-0.4, -0.2) is 30.3 Å². The largest absolute Gasteiger partial charge is 1.00 e. The second-order valence-electron chi connectivity index (χ2n) is 5.46. The van der Waals surface area contributed by atoms with Crippen LogP contribution >= 0.6 is 0 Å². The third-order valence-electron chi connectivity index (χ3n) is 3.88. The van der Waals surface area contributed by atoms with E-state index < -0.39 is 4.92 Å². The molecule has 3 unspecified atom stereocenters. The highest BCUT2D eigenvalue weighted by molar-refractivity contribution is 5.87. The lowest BCUT2D eigenvalue weighted by Gasteiger charge is -2.31. The molecule has 7 heteroatoms. The summed E-state index contributed by atoms with van der Waals surface area (Å²) < 4.78 is 0. The van der Waals surface area contributed by atoms with Gasteiger partial charge in [0.2, 0.25) is 5.75 Å². The lowest BCUT2D eigenvalue weighted by molar-refractivity contribution is -0.908. The zero-order valence-electron chi connectivity index (χ0n) is 12.4. The minimum absolute atomic E-state index is 0. The Morgan fingerprint density at radius 1 is 1.38 bits per heavy atom. The number of quaternary nitrogens is 1. The number of oxime groups is 1. The molecule has 1 aliphatic heterocycles. The summed E-state index contributed by atoms with van der Waals surface area (Å²) in [5.41, 5.74) is 0.914. The monoisotopic (exact) mass is 313 g/mol. The number of likely N-dealkylation sites (tertiary alicyclic amines) is 1. The van der Waals surface area contributed by atoms with Gasteiger partial charge in [0.25, 0.3) is 0 Å². The zero-order chi connectivity index (χ0) is 14.7. The van der Waals surface area contributed by atoms with Crippen molar-refractivity contribution in [2.45, 2.75) is 26.3 Å². The quantitative estimate of drug-likeness (QED) is 0.533. The van der Waals surface area contributed by atoms with Gasteiger partial charge in [0.05, 0.1) is 30.3 Å². The molecule has 0 saturated carbocycles. The van der Waals surface area contributed by atoms with Crippen LogP contribution < -0.4 is 22.1 Å². The summed E-state index contributed by atoms with van der Waals surface area (Å²) in [5, 5.41) is 15.1. The second-order valence-corrected chi connectivity index (χ2v) is 5.46.